The Hall–Kier alpha value is -1.86. The molecule has 4 N–H and O–H groups in total. The van der Waals surface area contributed by atoms with Gasteiger partial charge in [-0.15, -0.1) is 0 Å². The van der Waals surface area contributed by atoms with Crippen molar-refractivity contribution in [2.45, 2.75) is 13.0 Å². The van der Waals surface area contributed by atoms with E-state index in [1.165, 1.54) is 6.07 Å². The maximum absolute atomic E-state index is 10.9. The number of pyridine rings is 1. The van der Waals surface area contributed by atoms with Crippen LogP contribution in [-0.2, 0) is 4.74 Å². The van der Waals surface area contributed by atoms with Gasteiger partial charge in [0.1, 0.15) is 5.82 Å². The third kappa shape index (κ3) is 3.82. The van der Waals surface area contributed by atoms with Gasteiger partial charge in [-0.1, -0.05) is 0 Å². The van der Waals surface area contributed by atoms with Crippen molar-refractivity contribution in [1.29, 1.82) is 0 Å². The minimum absolute atomic E-state index is 0.0136. The third-order valence-electron chi connectivity index (χ3n) is 3.16. The minimum atomic E-state index is -1.06. The number of hydrogen-bond acceptors (Lipinski definition) is 6. The molecule has 7 nitrogen and oxygen atoms in total. The van der Waals surface area contributed by atoms with Gasteiger partial charge in [0.25, 0.3) is 0 Å². The fraction of sp³-hybridized carbons (Fsp3) is 0.538. The van der Waals surface area contributed by atoms with Crippen LogP contribution in [0.3, 0.4) is 0 Å². The highest BCUT2D eigenvalue weighted by molar-refractivity contribution is 5.86. The summed E-state index contributed by atoms with van der Waals surface area (Å²) >= 11 is 0. The molecular formula is C13H20N4O3. The van der Waals surface area contributed by atoms with E-state index in [0.29, 0.717) is 11.5 Å². The zero-order valence-electron chi connectivity index (χ0n) is 11.5. The summed E-state index contributed by atoms with van der Waals surface area (Å²) in [5.41, 5.74) is 6.25. The molecule has 1 aromatic heterocycles. The molecule has 1 saturated heterocycles. The standard InChI is InChI=1S/C13H20N4O3/c1-9(8-17-4-6-20-7-5-17)15-12-10(14)2-3-11(16-12)13(18)19/h2-3,9H,4-8,14H2,1H3,(H,15,16)(H,18,19). The van der Waals surface area contributed by atoms with E-state index in [-0.39, 0.29) is 11.7 Å². The number of aromatic nitrogens is 1. The first-order chi connectivity index (χ1) is 9.56. The summed E-state index contributed by atoms with van der Waals surface area (Å²) in [5, 5.41) is 12.1. The highest BCUT2D eigenvalue weighted by atomic mass is 16.5. The molecule has 1 aliphatic heterocycles. The number of morpholine rings is 1. The van der Waals surface area contributed by atoms with Crippen molar-refractivity contribution >= 4 is 17.5 Å². The van der Waals surface area contributed by atoms with Crippen LogP contribution >= 0.6 is 0 Å². The van der Waals surface area contributed by atoms with Crippen molar-refractivity contribution in [3.8, 4) is 0 Å². The molecule has 2 heterocycles. The number of nitrogens with two attached hydrogens (primary N) is 1. The van der Waals surface area contributed by atoms with Crippen molar-refractivity contribution < 1.29 is 14.6 Å². The Morgan fingerprint density at radius 3 is 2.90 bits per heavy atom. The van der Waals surface area contributed by atoms with Crippen molar-refractivity contribution in [1.82, 2.24) is 9.88 Å². The lowest BCUT2D eigenvalue weighted by molar-refractivity contribution is 0.0368. The van der Waals surface area contributed by atoms with Crippen LogP contribution in [0.2, 0.25) is 0 Å². The number of rotatable bonds is 5. The first kappa shape index (κ1) is 14.5. The molecule has 20 heavy (non-hydrogen) atoms. The van der Waals surface area contributed by atoms with Crippen molar-refractivity contribution in [2.75, 3.05) is 43.9 Å². The van der Waals surface area contributed by atoms with Crippen molar-refractivity contribution in [3.63, 3.8) is 0 Å². The zero-order valence-corrected chi connectivity index (χ0v) is 11.5. The number of nitrogens with zero attached hydrogens (tertiary/aromatic N) is 2. The van der Waals surface area contributed by atoms with Crippen LogP contribution in [0.5, 0.6) is 0 Å². The average molecular weight is 280 g/mol. The second-order valence-corrected chi connectivity index (χ2v) is 4.90. The summed E-state index contributed by atoms with van der Waals surface area (Å²) in [6.07, 6.45) is 0. The van der Waals surface area contributed by atoms with Crippen LogP contribution in [0.15, 0.2) is 12.1 Å². The highest BCUT2D eigenvalue weighted by Crippen LogP contribution is 2.17. The van der Waals surface area contributed by atoms with Gasteiger partial charge in [0, 0.05) is 25.7 Å². The van der Waals surface area contributed by atoms with Gasteiger partial charge in [0.05, 0.1) is 18.9 Å². The Morgan fingerprint density at radius 2 is 2.25 bits per heavy atom. The quantitative estimate of drug-likeness (QED) is 0.721. The Morgan fingerprint density at radius 1 is 1.55 bits per heavy atom. The summed E-state index contributed by atoms with van der Waals surface area (Å²) in [5.74, 6) is -0.639. The third-order valence-corrected chi connectivity index (χ3v) is 3.16. The number of aromatic carboxylic acids is 1. The van der Waals surface area contributed by atoms with E-state index < -0.39 is 5.97 Å². The van der Waals surface area contributed by atoms with Gasteiger partial charge in [-0.2, -0.15) is 0 Å². The van der Waals surface area contributed by atoms with Gasteiger partial charge in [0.2, 0.25) is 0 Å². The van der Waals surface area contributed by atoms with Crippen LogP contribution in [0.4, 0.5) is 11.5 Å². The topological polar surface area (TPSA) is 101 Å². The summed E-state index contributed by atoms with van der Waals surface area (Å²) in [4.78, 5) is 17.2. The first-order valence-corrected chi connectivity index (χ1v) is 6.62. The highest BCUT2D eigenvalue weighted by Gasteiger charge is 2.15. The molecule has 1 fully saturated rings. The minimum Gasteiger partial charge on any atom is -0.477 e. The van der Waals surface area contributed by atoms with Gasteiger partial charge in [0.15, 0.2) is 5.69 Å². The molecule has 7 heteroatoms. The lowest BCUT2D eigenvalue weighted by Crippen LogP contribution is -2.42. The molecule has 2 rings (SSSR count). The van der Waals surface area contributed by atoms with E-state index in [9.17, 15) is 4.79 Å². The molecule has 110 valence electrons. The molecule has 0 bridgehead atoms. The molecule has 0 saturated carbocycles. The van der Waals surface area contributed by atoms with Crippen molar-refractivity contribution in [3.05, 3.63) is 17.8 Å². The van der Waals surface area contributed by atoms with Crippen LogP contribution < -0.4 is 11.1 Å². The molecule has 0 radical (unpaired) electrons. The Labute approximate surface area is 117 Å². The molecule has 0 spiro atoms. The zero-order chi connectivity index (χ0) is 14.5. The van der Waals surface area contributed by atoms with E-state index in [0.717, 1.165) is 32.8 Å². The van der Waals surface area contributed by atoms with Gasteiger partial charge < -0.3 is 20.9 Å². The molecular weight excluding hydrogens is 260 g/mol. The lowest BCUT2D eigenvalue weighted by Gasteiger charge is -2.29. The van der Waals surface area contributed by atoms with E-state index in [2.05, 4.69) is 15.2 Å². The van der Waals surface area contributed by atoms with Gasteiger partial charge in [-0.25, -0.2) is 9.78 Å². The maximum Gasteiger partial charge on any atom is 0.354 e. The first-order valence-electron chi connectivity index (χ1n) is 6.62. The number of ether oxygens (including phenoxy) is 1. The number of nitrogens with one attached hydrogen (secondary N) is 1. The predicted molar refractivity (Wildman–Crippen MR) is 76.0 cm³/mol. The number of carbonyl (C=O) groups is 1. The van der Waals surface area contributed by atoms with Crippen LogP contribution in [0.1, 0.15) is 17.4 Å². The summed E-state index contributed by atoms with van der Waals surface area (Å²) in [6, 6.07) is 3.07. The number of nitrogen functional groups attached to an aromatic ring is 1. The lowest BCUT2D eigenvalue weighted by atomic mass is 10.2. The van der Waals surface area contributed by atoms with Crippen LogP contribution in [0, 0.1) is 0 Å². The Kier molecular flexibility index (Phi) is 4.75. The molecule has 1 unspecified atom stereocenters. The summed E-state index contributed by atoms with van der Waals surface area (Å²) in [7, 11) is 0. The monoisotopic (exact) mass is 280 g/mol. The van der Waals surface area contributed by atoms with E-state index in [1.807, 2.05) is 6.92 Å². The number of hydrogen-bond donors (Lipinski definition) is 3. The molecule has 1 aromatic rings. The van der Waals surface area contributed by atoms with Crippen molar-refractivity contribution in [2.24, 2.45) is 0 Å². The second-order valence-electron chi connectivity index (χ2n) is 4.90. The SMILES string of the molecule is CC(CN1CCOCC1)Nc1nc(C(=O)O)ccc1N. The number of carboxylic acid groups (broad SMARTS) is 1. The van der Waals surface area contributed by atoms with E-state index in [4.69, 9.17) is 15.6 Å². The fourth-order valence-corrected chi connectivity index (χ4v) is 2.15. The van der Waals surface area contributed by atoms with Gasteiger partial charge in [-0.3, -0.25) is 4.90 Å². The normalized spacial score (nSPS) is 17.6. The maximum atomic E-state index is 10.9. The summed E-state index contributed by atoms with van der Waals surface area (Å²) < 4.78 is 5.30. The molecule has 0 aromatic carbocycles. The van der Waals surface area contributed by atoms with Crippen LogP contribution in [-0.4, -0.2) is 59.8 Å². The van der Waals surface area contributed by atoms with E-state index >= 15 is 0 Å². The van der Waals surface area contributed by atoms with Gasteiger partial charge in [-0.05, 0) is 19.1 Å². The summed E-state index contributed by atoms with van der Waals surface area (Å²) in [6.45, 7) is 6.17. The average Bonchev–Trinajstić information content (AvgIpc) is 2.42. The Balaban J connectivity index is 1.97. The fourth-order valence-electron chi connectivity index (χ4n) is 2.15. The van der Waals surface area contributed by atoms with E-state index in [1.54, 1.807) is 6.07 Å². The molecule has 1 aliphatic rings. The number of anilines is 2. The molecule has 0 amide bonds. The Bertz CT molecular complexity index is 475. The van der Waals surface area contributed by atoms with Crippen LogP contribution in [0.25, 0.3) is 0 Å². The molecule has 1 atom stereocenters. The number of carboxylic acids is 1. The predicted octanol–water partition coefficient (Wildman–Crippen LogP) is 0.495. The van der Waals surface area contributed by atoms with Gasteiger partial charge >= 0.3 is 5.97 Å². The molecule has 0 aliphatic carbocycles. The smallest absolute Gasteiger partial charge is 0.354 e. The largest absolute Gasteiger partial charge is 0.477 e. The second kappa shape index (κ2) is 6.53.